The van der Waals surface area contributed by atoms with Crippen molar-refractivity contribution in [3.63, 3.8) is 0 Å². The topological polar surface area (TPSA) is 38.7 Å². The Kier molecular flexibility index (Phi) is 6.75. The molecule has 0 saturated carbocycles. The lowest BCUT2D eigenvalue weighted by atomic mass is 10.0. The summed E-state index contributed by atoms with van der Waals surface area (Å²) in [5.41, 5.74) is 0. The van der Waals surface area contributed by atoms with Crippen LogP contribution in [-0.2, 0) is 0 Å². The van der Waals surface area contributed by atoms with Crippen LogP contribution < -0.4 is 9.47 Å². The van der Waals surface area contributed by atoms with Gasteiger partial charge in [-0.05, 0) is 37.6 Å². The van der Waals surface area contributed by atoms with E-state index >= 15 is 0 Å². The summed E-state index contributed by atoms with van der Waals surface area (Å²) in [6, 6.07) is 7.46. The molecule has 0 aliphatic carbocycles. The van der Waals surface area contributed by atoms with Crippen molar-refractivity contribution in [1.82, 2.24) is 0 Å². The summed E-state index contributed by atoms with van der Waals surface area (Å²) >= 11 is 0. The van der Waals surface area contributed by atoms with Crippen LogP contribution in [0.25, 0.3) is 0 Å². The number of aliphatic hydroxyl groups excluding tert-OH is 1. The van der Waals surface area contributed by atoms with Crippen molar-refractivity contribution in [2.75, 3.05) is 13.7 Å². The van der Waals surface area contributed by atoms with Crippen LogP contribution in [-0.4, -0.2) is 24.9 Å². The number of benzene rings is 1. The van der Waals surface area contributed by atoms with E-state index in [0.717, 1.165) is 11.5 Å². The van der Waals surface area contributed by atoms with Gasteiger partial charge >= 0.3 is 0 Å². The Morgan fingerprint density at radius 3 is 2.42 bits per heavy atom. The third kappa shape index (κ3) is 5.62. The lowest BCUT2D eigenvalue weighted by molar-refractivity contribution is 0.172. The maximum absolute atomic E-state index is 9.60. The Bertz CT molecular complexity index is 395. The zero-order valence-corrected chi connectivity index (χ0v) is 11.6. The Morgan fingerprint density at radius 2 is 1.89 bits per heavy atom. The SMILES string of the molecule is C=CC(O)C[C@@H](/C=C/C)COc1ccc(OC)cc1. The van der Waals surface area contributed by atoms with Gasteiger partial charge < -0.3 is 14.6 Å². The van der Waals surface area contributed by atoms with E-state index in [4.69, 9.17) is 9.47 Å². The molecule has 104 valence electrons. The van der Waals surface area contributed by atoms with Crippen LogP contribution >= 0.6 is 0 Å². The van der Waals surface area contributed by atoms with Gasteiger partial charge in [0.2, 0.25) is 0 Å². The number of ether oxygens (including phenoxy) is 2. The molecule has 0 aromatic heterocycles. The number of hydrogen-bond donors (Lipinski definition) is 1. The number of aliphatic hydroxyl groups is 1. The molecule has 1 unspecified atom stereocenters. The fourth-order valence-electron chi connectivity index (χ4n) is 1.76. The normalized spacial score (nSPS) is 14.1. The highest BCUT2D eigenvalue weighted by molar-refractivity contribution is 5.31. The molecule has 0 heterocycles. The van der Waals surface area contributed by atoms with E-state index in [-0.39, 0.29) is 5.92 Å². The van der Waals surface area contributed by atoms with Gasteiger partial charge in [0.25, 0.3) is 0 Å². The van der Waals surface area contributed by atoms with Gasteiger partial charge in [0.1, 0.15) is 11.5 Å². The first kappa shape index (κ1) is 15.3. The highest BCUT2D eigenvalue weighted by Gasteiger charge is 2.10. The first-order valence-corrected chi connectivity index (χ1v) is 6.40. The number of methoxy groups -OCH3 is 1. The summed E-state index contributed by atoms with van der Waals surface area (Å²) in [4.78, 5) is 0. The van der Waals surface area contributed by atoms with Crippen molar-refractivity contribution in [1.29, 1.82) is 0 Å². The van der Waals surface area contributed by atoms with E-state index in [9.17, 15) is 5.11 Å². The molecule has 1 rings (SSSR count). The molecule has 19 heavy (non-hydrogen) atoms. The Hall–Kier alpha value is -1.74. The molecule has 0 radical (unpaired) electrons. The first-order chi connectivity index (χ1) is 9.19. The molecule has 0 spiro atoms. The minimum atomic E-state index is -0.499. The van der Waals surface area contributed by atoms with Crippen LogP contribution in [0.2, 0.25) is 0 Å². The fraction of sp³-hybridized carbons (Fsp3) is 0.375. The van der Waals surface area contributed by atoms with Crippen molar-refractivity contribution in [3.8, 4) is 11.5 Å². The minimum Gasteiger partial charge on any atom is -0.497 e. The van der Waals surface area contributed by atoms with Gasteiger partial charge in [-0.25, -0.2) is 0 Å². The van der Waals surface area contributed by atoms with E-state index in [1.807, 2.05) is 43.3 Å². The molecule has 0 bridgehead atoms. The first-order valence-electron chi connectivity index (χ1n) is 6.40. The van der Waals surface area contributed by atoms with E-state index in [1.165, 1.54) is 0 Å². The van der Waals surface area contributed by atoms with Crippen molar-refractivity contribution in [2.45, 2.75) is 19.4 Å². The number of rotatable bonds is 8. The van der Waals surface area contributed by atoms with Crippen LogP contribution in [0.1, 0.15) is 13.3 Å². The van der Waals surface area contributed by atoms with Crippen molar-refractivity contribution >= 4 is 0 Å². The maximum atomic E-state index is 9.60. The average Bonchev–Trinajstić information content (AvgIpc) is 2.45. The molecule has 2 atom stereocenters. The Balaban J connectivity index is 2.52. The highest BCUT2D eigenvalue weighted by Crippen LogP contribution is 2.19. The molecule has 1 N–H and O–H groups in total. The second-order valence-electron chi connectivity index (χ2n) is 4.31. The Morgan fingerprint density at radius 1 is 1.26 bits per heavy atom. The summed E-state index contributed by atoms with van der Waals surface area (Å²) < 4.78 is 10.8. The molecule has 1 aromatic carbocycles. The second-order valence-corrected chi connectivity index (χ2v) is 4.31. The summed E-state index contributed by atoms with van der Waals surface area (Å²) in [6.07, 6.45) is 5.67. The quantitative estimate of drug-likeness (QED) is 0.731. The van der Waals surface area contributed by atoms with E-state index in [2.05, 4.69) is 6.58 Å². The van der Waals surface area contributed by atoms with Crippen LogP contribution in [0.4, 0.5) is 0 Å². The molecule has 0 aliphatic heterocycles. The zero-order chi connectivity index (χ0) is 14.1. The predicted octanol–water partition coefficient (Wildman–Crippen LogP) is 3.20. The highest BCUT2D eigenvalue weighted by atomic mass is 16.5. The summed E-state index contributed by atoms with van der Waals surface area (Å²) in [6.45, 7) is 6.07. The number of hydrogen-bond acceptors (Lipinski definition) is 3. The van der Waals surface area contributed by atoms with Gasteiger partial charge in [-0.3, -0.25) is 0 Å². The maximum Gasteiger partial charge on any atom is 0.119 e. The van der Waals surface area contributed by atoms with E-state index < -0.39 is 6.10 Å². The van der Waals surface area contributed by atoms with Crippen LogP contribution in [0, 0.1) is 5.92 Å². The van der Waals surface area contributed by atoms with Crippen LogP contribution in [0.3, 0.4) is 0 Å². The van der Waals surface area contributed by atoms with Crippen molar-refractivity contribution in [2.24, 2.45) is 5.92 Å². The van der Waals surface area contributed by atoms with Gasteiger partial charge in [-0.15, -0.1) is 6.58 Å². The van der Waals surface area contributed by atoms with Crippen LogP contribution in [0.15, 0.2) is 49.1 Å². The molecule has 3 nitrogen and oxygen atoms in total. The van der Waals surface area contributed by atoms with E-state index in [1.54, 1.807) is 13.2 Å². The van der Waals surface area contributed by atoms with Crippen LogP contribution in [0.5, 0.6) is 11.5 Å². The summed E-state index contributed by atoms with van der Waals surface area (Å²) in [5, 5.41) is 9.60. The molecule has 3 heteroatoms. The lowest BCUT2D eigenvalue weighted by Crippen LogP contribution is -2.16. The average molecular weight is 262 g/mol. The fourth-order valence-corrected chi connectivity index (χ4v) is 1.76. The molecule has 1 aromatic rings. The third-order valence-corrected chi connectivity index (χ3v) is 2.80. The predicted molar refractivity (Wildman–Crippen MR) is 77.6 cm³/mol. The monoisotopic (exact) mass is 262 g/mol. The van der Waals surface area contributed by atoms with Gasteiger partial charge in [-0.2, -0.15) is 0 Å². The third-order valence-electron chi connectivity index (χ3n) is 2.80. The van der Waals surface area contributed by atoms with Crippen molar-refractivity contribution < 1.29 is 14.6 Å². The van der Waals surface area contributed by atoms with Gasteiger partial charge in [0, 0.05) is 5.92 Å². The molecular weight excluding hydrogens is 240 g/mol. The molecular formula is C16H22O3. The van der Waals surface area contributed by atoms with Gasteiger partial charge in [0.05, 0.1) is 19.8 Å². The van der Waals surface area contributed by atoms with E-state index in [0.29, 0.717) is 13.0 Å². The zero-order valence-electron chi connectivity index (χ0n) is 11.6. The molecule has 0 amide bonds. The molecule has 0 fully saturated rings. The van der Waals surface area contributed by atoms with Gasteiger partial charge in [-0.1, -0.05) is 18.2 Å². The van der Waals surface area contributed by atoms with Gasteiger partial charge in [0.15, 0.2) is 0 Å². The second kappa shape index (κ2) is 8.38. The Labute approximate surface area is 115 Å². The molecule has 0 saturated heterocycles. The smallest absolute Gasteiger partial charge is 0.119 e. The largest absolute Gasteiger partial charge is 0.497 e. The summed E-state index contributed by atoms with van der Waals surface area (Å²) in [7, 11) is 1.63. The van der Waals surface area contributed by atoms with Crippen molar-refractivity contribution in [3.05, 3.63) is 49.1 Å². The minimum absolute atomic E-state index is 0.167. The summed E-state index contributed by atoms with van der Waals surface area (Å²) in [5.74, 6) is 1.77. The number of allylic oxidation sites excluding steroid dienone is 1. The molecule has 0 aliphatic rings. The standard InChI is InChI=1S/C16H22O3/c1-4-6-13(11-14(17)5-2)12-19-16-9-7-15(18-3)8-10-16/h4-10,13-14,17H,2,11-12H2,1,3H3/b6-4+/t13-,14?/m1/s1. The lowest BCUT2D eigenvalue weighted by Gasteiger charge is -2.16.